The molecule has 4 heteroatoms. The van der Waals surface area contributed by atoms with Gasteiger partial charge in [-0.25, -0.2) is 0 Å². The van der Waals surface area contributed by atoms with Gasteiger partial charge in [-0.15, -0.1) is 11.3 Å². The van der Waals surface area contributed by atoms with Gasteiger partial charge < -0.3 is 8.98 Å². The first kappa shape index (κ1) is 19.0. The molecule has 35 heavy (non-hydrogen) atoms. The molecule has 0 saturated carbocycles. The Balaban J connectivity index is 1.51. The van der Waals surface area contributed by atoms with E-state index in [-0.39, 0.29) is 5.43 Å². The molecular weight excluding hydrogens is 450 g/mol. The van der Waals surface area contributed by atoms with E-state index in [1.54, 1.807) is 11.3 Å². The maximum Gasteiger partial charge on any atom is 0.195 e. The van der Waals surface area contributed by atoms with Gasteiger partial charge in [-0.2, -0.15) is 0 Å². The molecule has 0 aliphatic heterocycles. The summed E-state index contributed by atoms with van der Waals surface area (Å²) in [7, 11) is 0. The van der Waals surface area contributed by atoms with Gasteiger partial charge in [0.2, 0.25) is 0 Å². The first-order valence-corrected chi connectivity index (χ1v) is 12.4. The van der Waals surface area contributed by atoms with E-state index >= 15 is 0 Å². The van der Waals surface area contributed by atoms with E-state index in [9.17, 15) is 4.79 Å². The van der Waals surface area contributed by atoms with Gasteiger partial charge in [0.1, 0.15) is 5.58 Å². The van der Waals surface area contributed by atoms with E-state index in [4.69, 9.17) is 4.42 Å². The Morgan fingerprint density at radius 3 is 2.00 bits per heavy atom. The van der Waals surface area contributed by atoms with Crippen LogP contribution in [0.25, 0.3) is 69.6 Å². The molecule has 8 rings (SSSR count). The molecule has 0 radical (unpaired) electrons. The molecule has 0 N–H and O–H groups in total. The van der Waals surface area contributed by atoms with E-state index in [1.807, 2.05) is 36.4 Å². The van der Waals surface area contributed by atoms with Crippen LogP contribution in [-0.4, -0.2) is 4.57 Å². The van der Waals surface area contributed by atoms with Crippen LogP contribution in [0.1, 0.15) is 0 Å². The molecule has 0 amide bonds. The first-order chi connectivity index (χ1) is 17.3. The minimum Gasteiger partial charge on any atom is -0.454 e. The predicted molar refractivity (Wildman–Crippen MR) is 147 cm³/mol. The third-order valence-corrected chi connectivity index (χ3v) is 8.13. The van der Waals surface area contributed by atoms with Crippen molar-refractivity contribution in [2.24, 2.45) is 0 Å². The average molecular weight is 468 g/mol. The molecule has 0 saturated heterocycles. The summed E-state index contributed by atoms with van der Waals surface area (Å²) in [6, 6.07) is 35.1. The summed E-state index contributed by atoms with van der Waals surface area (Å²) in [5.74, 6) is 0. The molecule has 0 aliphatic rings. The van der Waals surface area contributed by atoms with Crippen LogP contribution >= 0.6 is 11.3 Å². The molecule has 3 heterocycles. The highest BCUT2D eigenvalue weighted by Gasteiger charge is 2.18. The summed E-state index contributed by atoms with van der Waals surface area (Å²) in [5.41, 5.74) is 4.97. The van der Waals surface area contributed by atoms with Gasteiger partial charge in [0.25, 0.3) is 0 Å². The van der Waals surface area contributed by atoms with Crippen molar-refractivity contribution in [3.63, 3.8) is 0 Å². The van der Waals surface area contributed by atoms with E-state index in [0.717, 1.165) is 58.8 Å². The highest BCUT2D eigenvalue weighted by Crippen LogP contribution is 2.39. The average Bonchev–Trinajstić information content (AvgIpc) is 3.43. The molecular formula is C31H17NO2S. The summed E-state index contributed by atoms with van der Waals surface area (Å²) in [6.07, 6.45) is 0. The van der Waals surface area contributed by atoms with Crippen molar-refractivity contribution in [2.75, 3.05) is 0 Å². The van der Waals surface area contributed by atoms with Gasteiger partial charge in [-0.1, -0.05) is 60.7 Å². The Morgan fingerprint density at radius 2 is 1.23 bits per heavy atom. The fraction of sp³-hybridized carbons (Fsp3) is 0. The first-order valence-electron chi connectivity index (χ1n) is 11.6. The molecule has 0 bridgehead atoms. The predicted octanol–water partition coefficient (Wildman–Crippen LogP) is 8.41. The van der Waals surface area contributed by atoms with Crippen molar-refractivity contribution in [3.05, 3.63) is 113 Å². The molecule has 8 aromatic rings. The Labute approximate surface area is 203 Å². The van der Waals surface area contributed by atoms with Crippen molar-refractivity contribution in [3.8, 4) is 5.69 Å². The summed E-state index contributed by atoms with van der Waals surface area (Å²) in [6.45, 7) is 0. The van der Waals surface area contributed by atoms with Crippen molar-refractivity contribution < 1.29 is 4.42 Å². The number of fused-ring (bicyclic) bond motifs is 8. The fourth-order valence-electron chi connectivity index (χ4n) is 5.44. The molecule has 0 unspecified atom stereocenters. The smallest absolute Gasteiger partial charge is 0.195 e. The molecule has 0 aliphatic carbocycles. The Morgan fingerprint density at radius 1 is 0.571 bits per heavy atom. The van der Waals surface area contributed by atoms with E-state index in [0.29, 0.717) is 0 Å². The van der Waals surface area contributed by atoms with Crippen LogP contribution in [0.15, 0.2) is 112 Å². The summed E-state index contributed by atoms with van der Waals surface area (Å²) < 4.78 is 10.8. The van der Waals surface area contributed by atoms with Crippen LogP contribution in [-0.2, 0) is 0 Å². The number of aromatic nitrogens is 1. The zero-order chi connectivity index (χ0) is 23.1. The van der Waals surface area contributed by atoms with Crippen LogP contribution in [0.3, 0.4) is 0 Å². The highest BCUT2D eigenvalue weighted by atomic mass is 32.1. The zero-order valence-corrected chi connectivity index (χ0v) is 19.3. The van der Waals surface area contributed by atoms with Crippen LogP contribution in [0.5, 0.6) is 0 Å². The van der Waals surface area contributed by atoms with Crippen LogP contribution in [0, 0.1) is 0 Å². The number of benzene rings is 5. The summed E-state index contributed by atoms with van der Waals surface area (Å²) in [4.78, 5) is 13.3. The number of rotatable bonds is 1. The summed E-state index contributed by atoms with van der Waals surface area (Å²) in [5, 5.41) is 5.92. The second kappa shape index (κ2) is 6.81. The molecule has 0 spiro atoms. The lowest BCUT2D eigenvalue weighted by Gasteiger charge is -2.08. The molecule has 3 aromatic heterocycles. The molecule has 0 atom stereocenters. The molecule has 0 fully saturated rings. The van der Waals surface area contributed by atoms with Crippen LogP contribution < -0.4 is 5.43 Å². The minimum absolute atomic E-state index is 0.0733. The van der Waals surface area contributed by atoms with Crippen molar-refractivity contribution in [2.45, 2.75) is 0 Å². The number of para-hydroxylation sites is 3. The van der Waals surface area contributed by atoms with Crippen molar-refractivity contribution in [1.29, 1.82) is 0 Å². The maximum atomic E-state index is 13.3. The van der Waals surface area contributed by atoms with E-state index < -0.39 is 0 Å². The third kappa shape index (κ3) is 2.52. The lowest BCUT2D eigenvalue weighted by molar-refractivity contribution is 0.667. The third-order valence-electron chi connectivity index (χ3n) is 7.00. The summed E-state index contributed by atoms with van der Waals surface area (Å²) >= 11 is 1.63. The quantitative estimate of drug-likeness (QED) is 0.227. The number of hydrogen-bond donors (Lipinski definition) is 0. The second-order valence-corrected chi connectivity index (χ2v) is 9.98. The van der Waals surface area contributed by atoms with E-state index in [2.05, 4.69) is 71.3 Å². The standard InChI is InChI=1S/C31H17NO2S/c33-30-21-10-3-6-15-28(21)35-29-17-27-22(16-23(29)30)20-11-7-14-26(31(20)34-27)32-24-12-4-1-8-18(24)19-9-2-5-13-25(19)32/h1-17H. The normalized spacial score (nSPS) is 12.1. The van der Waals surface area contributed by atoms with Crippen LogP contribution in [0.4, 0.5) is 0 Å². The fourth-order valence-corrected chi connectivity index (χ4v) is 6.52. The lowest BCUT2D eigenvalue weighted by Crippen LogP contribution is -2.00. The van der Waals surface area contributed by atoms with Gasteiger partial charge in [0.05, 0.1) is 16.7 Å². The minimum atomic E-state index is 0.0733. The second-order valence-electron chi connectivity index (χ2n) is 8.90. The number of nitrogens with zero attached hydrogens (tertiary/aromatic N) is 1. The lowest BCUT2D eigenvalue weighted by atomic mass is 10.1. The van der Waals surface area contributed by atoms with Gasteiger partial charge in [0.15, 0.2) is 11.0 Å². The van der Waals surface area contributed by atoms with Gasteiger partial charge in [-0.3, -0.25) is 4.79 Å². The van der Waals surface area contributed by atoms with E-state index in [1.165, 1.54) is 10.8 Å². The van der Waals surface area contributed by atoms with Gasteiger partial charge in [-0.05, 0) is 42.5 Å². The Bertz CT molecular complexity index is 2140. The largest absolute Gasteiger partial charge is 0.454 e. The maximum absolute atomic E-state index is 13.3. The molecule has 3 nitrogen and oxygen atoms in total. The zero-order valence-electron chi connectivity index (χ0n) is 18.5. The number of hydrogen-bond acceptors (Lipinski definition) is 3. The highest BCUT2D eigenvalue weighted by molar-refractivity contribution is 7.24. The Hall–Kier alpha value is -4.41. The SMILES string of the molecule is O=c1c2ccccc2sc2cc3oc4c(-n5c6ccccc6c6ccccc65)cccc4c3cc12. The Kier molecular flexibility index (Phi) is 3.69. The van der Waals surface area contributed by atoms with Crippen LogP contribution in [0.2, 0.25) is 0 Å². The monoisotopic (exact) mass is 467 g/mol. The molecule has 164 valence electrons. The van der Waals surface area contributed by atoms with Crippen molar-refractivity contribution in [1.82, 2.24) is 4.57 Å². The topological polar surface area (TPSA) is 35.1 Å². The van der Waals surface area contributed by atoms with Gasteiger partial charge in [0, 0.05) is 41.7 Å². The molecule has 5 aromatic carbocycles. The van der Waals surface area contributed by atoms with Crippen molar-refractivity contribution >= 4 is 75.3 Å². The number of furan rings is 1. The van der Waals surface area contributed by atoms with Gasteiger partial charge >= 0.3 is 0 Å².